The van der Waals surface area contributed by atoms with E-state index in [0.717, 1.165) is 17.5 Å². The molecule has 2 rings (SSSR count). The van der Waals surface area contributed by atoms with Gasteiger partial charge in [0.1, 0.15) is 17.1 Å². The lowest BCUT2D eigenvalue weighted by molar-refractivity contribution is 0.0692. The molecule has 116 valence electrons. The third kappa shape index (κ3) is 3.39. The second-order valence-electron chi connectivity index (χ2n) is 4.77. The second kappa shape index (κ2) is 7.50. The topological polar surface area (TPSA) is 55.8 Å². The SMILES string of the molecule is CCCOc1c(C(=O)O)cccc1-c1ccccc1OCC. The molecule has 0 aliphatic carbocycles. The van der Waals surface area contributed by atoms with Crippen molar-refractivity contribution in [3.8, 4) is 22.6 Å². The predicted octanol–water partition coefficient (Wildman–Crippen LogP) is 4.24. The molecule has 0 spiro atoms. The average Bonchev–Trinajstić information content (AvgIpc) is 2.53. The lowest BCUT2D eigenvalue weighted by atomic mass is 10.0. The molecule has 0 amide bonds. The Bertz CT molecular complexity index is 649. The number of carboxylic acid groups (broad SMARTS) is 1. The van der Waals surface area contributed by atoms with Crippen LogP contribution in [0.1, 0.15) is 30.6 Å². The van der Waals surface area contributed by atoms with E-state index >= 15 is 0 Å². The number of aromatic carboxylic acids is 1. The fraction of sp³-hybridized carbons (Fsp3) is 0.278. The van der Waals surface area contributed by atoms with Crippen molar-refractivity contribution in [1.29, 1.82) is 0 Å². The van der Waals surface area contributed by atoms with Gasteiger partial charge in [0, 0.05) is 11.1 Å². The van der Waals surface area contributed by atoms with Gasteiger partial charge in [0.05, 0.1) is 13.2 Å². The third-order valence-electron chi connectivity index (χ3n) is 3.17. The van der Waals surface area contributed by atoms with Gasteiger partial charge in [-0.15, -0.1) is 0 Å². The van der Waals surface area contributed by atoms with E-state index in [2.05, 4.69) is 0 Å². The average molecular weight is 300 g/mol. The second-order valence-corrected chi connectivity index (χ2v) is 4.77. The van der Waals surface area contributed by atoms with E-state index < -0.39 is 5.97 Å². The molecule has 0 radical (unpaired) electrons. The molecule has 0 fully saturated rings. The minimum atomic E-state index is -0.998. The maximum Gasteiger partial charge on any atom is 0.339 e. The van der Waals surface area contributed by atoms with Gasteiger partial charge in [-0.3, -0.25) is 0 Å². The minimum absolute atomic E-state index is 0.164. The standard InChI is InChI=1S/C18H20O4/c1-3-12-22-17-14(9-7-10-15(17)18(19)20)13-8-5-6-11-16(13)21-4-2/h5-11H,3-4,12H2,1-2H3,(H,19,20). The molecule has 0 unspecified atom stereocenters. The van der Waals surface area contributed by atoms with Gasteiger partial charge < -0.3 is 14.6 Å². The fourth-order valence-corrected chi connectivity index (χ4v) is 2.25. The first-order valence-corrected chi connectivity index (χ1v) is 7.40. The molecular formula is C18H20O4. The first kappa shape index (κ1) is 15.9. The number of benzene rings is 2. The van der Waals surface area contributed by atoms with Crippen LogP contribution in [0.3, 0.4) is 0 Å². The zero-order valence-electron chi connectivity index (χ0n) is 12.8. The molecular weight excluding hydrogens is 280 g/mol. The highest BCUT2D eigenvalue weighted by Gasteiger charge is 2.18. The Kier molecular flexibility index (Phi) is 5.42. The Morgan fingerprint density at radius 2 is 1.73 bits per heavy atom. The Balaban J connectivity index is 2.59. The molecule has 4 nitrogen and oxygen atoms in total. The van der Waals surface area contributed by atoms with Gasteiger partial charge in [-0.25, -0.2) is 4.79 Å². The first-order valence-electron chi connectivity index (χ1n) is 7.40. The normalized spacial score (nSPS) is 10.3. The highest BCUT2D eigenvalue weighted by atomic mass is 16.5. The highest BCUT2D eigenvalue weighted by molar-refractivity contribution is 5.95. The summed E-state index contributed by atoms with van der Waals surface area (Å²) in [4.78, 5) is 11.5. The molecule has 22 heavy (non-hydrogen) atoms. The van der Waals surface area contributed by atoms with Crippen molar-refractivity contribution in [3.63, 3.8) is 0 Å². The van der Waals surface area contributed by atoms with Gasteiger partial charge in [0.2, 0.25) is 0 Å². The number of ether oxygens (including phenoxy) is 2. The summed E-state index contributed by atoms with van der Waals surface area (Å²) in [6, 6.07) is 12.7. The number of carboxylic acids is 1. The number of para-hydroxylation sites is 2. The molecule has 4 heteroatoms. The predicted molar refractivity (Wildman–Crippen MR) is 85.8 cm³/mol. The molecule has 0 aliphatic heterocycles. The summed E-state index contributed by atoms with van der Waals surface area (Å²) in [7, 11) is 0. The Hall–Kier alpha value is -2.49. The zero-order chi connectivity index (χ0) is 15.9. The lowest BCUT2D eigenvalue weighted by Crippen LogP contribution is -2.06. The summed E-state index contributed by atoms with van der Waals surface area (Å²) < 4.78 is 11.4. The van der Waals surface area contributed by atoms with Crippen molar-refractivity contribution in [2.45, 2.75) is 20.3 Å². The smallest absolute Gasteiger partial charge is 0.339 e. The largest absolute Gasteiger partial charge is 0.493 e. The van der Waals surface area contributed by atoms with E-state index in [1.807, 2.05) is 44.2 Å². The maximum absolute atomic E-state index is 11.5. The number of hydrogen-bond acceptors (Lipinski definition) is 3. The summed E-state index contributed by atoms with van der Waals surface area (Å²) in [6.07, 6.45) is 0.806. The van der Waals surface area contributed by atoms with Crippen LogP contribution >= 0.6 is 0 Å². The number of carbonyl (C=O) groups is 1. The fourth-order valence-electron chi connectivity index (χ4n) is 2.25. The van der Waals surface area contributed by atoms with E-state index in [4.69, 9.17) is 9.47 Å². The van der Waals surface area contributed by atoms with Crippen LogP contribution in [-0.2, 0) is 0 Å². The number of rotatable bonds is 7. The summed E-state index contributed by atoms with van der Waals surface area (Å²) in [5.41, 5.74) is 1.73. The summed E-state index contributed by atoms with van der Waals surface area (Å²) in [5.74, 6) is 0.111. The third-order valence-corrected chi connectivity index (χ3v) is 3.17. The molecule has 2 aromatic rings. The molecule has 0 bridgehead atoms. The molecule has 0 aliphatic rings. The molecule has 0 saturated carbocycles. The molecule has 0 heterocycles. The minimum Gasteiger partial charge on any atom is -0.493 e. The van der Waals surface area contributed by atoms with E-state index in [1.165, 1.54) is 0 Å². The van der Waals surface area contributed by atoms with Crippen LogP contribution in [0.25, 0.3) is 11.1 Å². The van der Waals surface area contributed by atoms with E-state index in [0.29, 0.717) is 24.7 Å². The quantitative estimate of drug-likeness (QED) is 0.831. The van der Waals surface area contributed by atoms with Crippen LogP contribution in [0.4, 0.5) is 0 Å². The van der Waals surface area contributed by atoms with Crippen LogP contribution in [0, 0.1) is 0 Å². The van der Waals surface area contributed by atoms with Crippen LogP contribution in [0.2, 0.25) is 0 Å². The van der Waals surface area contributed by atoms with Gasteiger partial charge in [0.25, 0.3) is 0 Å². The van der Waals surface area contributed by atoms with Crippen molar-refractivity contribution in [2.75, 3.05) is 13.2 Å². The van der Waals surface area contributed by atoms with Gasteiger partial charge in [-0.2, -0.15) is 0 Å². The molecule has 2 aromatic carbocycles. The lowest BCUT2D eigenvalue weighted by Gasteiger charge is -2.16. The number of hydrogen-bond donors (Lipinski definition) is 1. The summed E-state index contributed by atoms with van der Waals surface area (Å²) in [6.45, 7) is 4.91. The van der Waals surface area contributed by atoms with E-state index in [-0.39, 0.29) is 5.56 Å². The Morgan fingerprint density at radius 1 is 1.00 bits per heavy atom. The highest BCUT2D eigenvalue weighted by Crippen LogP contribution is 2.38. The van der Waals surface area contributed by atoms with Crippen molar-refractivity contribution in [2.24, 2.45) is 0 Å². The monoisotopic (exact) mass is 300 g/mol. The van der Waals surface area contributed by atoms with Gasteiger partial charge >= 0.3 is 5.97 Å². The van der Waals surface area contributed by atoms with Crippen molar-refractivity contribution in [3.05, 3.63) is 48.0 Å². The zero-order valence-corrected chi connectivity index (χ0v) is 12.8. The van der Waals surface area contributed by atoms with Crippen molar-refractivity contribution >= 4 is 5.97 Å². The Labute approximate surface area is 130 Å². The summed E-state index contributed by atoms with van der Waals surface area (Å²) >= 11 is 0. The molecule has 0 saturated heterocycles. The summed E-state index contributed by atoms with van der Waals surface area (Å²) in [5, 5.41) is 9.40. The van der Waals surface area contributed by atoms with E-state index in [9.17, 15) is 9.90 Å². The van der Waals surface area contributed by atoms with Crippen LogP contribution in [0.15, 0.2) is 42.5 Å². The van der Waals surface area contributed by atoms with Gasteiger partial charge in [-0.1, -0.05) is 37.3 Å². The van der Waals surface area contributed by atoms with Crippen LogP contribution < -0.4 is 9.47 Å². The maximum atomic E-state index is 11.5. The van der Waals surface area contributed by atoms with Gasteiger partial charge in [-0.05, 0) is 25.5 Å². The van der Waals surface area contributed by atoms with Crippen LogP contribution in [0.5, 0.6) is 11.5 Å². The Morgan fingerprint density at radius 3 is 2.41 bits per heavy atom. The van der Waals surface area contributed by atoms with Crippen molar-refractivity contribution < 1.29 is 19.4 Å². The molecule has 0 atom stereocenters. The van der Waals surface area contributed by atoms with Gasteiger partial charge in [0.15, 0.2) is 0 Å². The molecule has 1 N–H and O–H groups in total. The molecule has 0 aromatic heterocycles. The van der Waals surface area contributed by atoms with E-state index in [1.54, 1.807) is 12.1 Å². The van der Waals surface area contributed by atoms with Crippen molar-refractivity contribution in [1.82, 2.24) is 0 Å². The first-order chi connectivity index (χ1) is 10.7. The van der Waals surface area contributed by atoms with Crippen LogP contribution in [-0.4, -0.2) is 24.3 Å².